The zero-order valence-corrected chi connectivity index (χ0v) is 14.6. The summed E-state index contributed by atoms with van der Waals surface area (Å²) in [6, 6.07) is 17.2. The lowest BCUT2D eigenvalue weighted by molar-refractivity contribution is 0.154. The smallest absolute Gasteiger partial charge is 0.410 e. The molecule has 132 valence electrons. The SMILES string of the molecule is O=C(Oc1ccccc1)N1CCCN(S(=O)(=O)c2ccccc2)CC1. The maximum Gasteiger partial charge on any atom is 0.415 e. The predicted molar refractivity (Wildman–Crippen MR) is 93.9 cm³/mol. The second kappa shape index (κ2) is 7.67. The summed E-state index contributed by atoms with van der Waals surface area (Å²) in [4.78, 5) is 14.1. The standard InChI is InChI=1S/C18H20N2O4S/c21-18(24-16-8-3-1-4-9-16)19-12-7-13-20(15-14-19)25(22,23)17-10-5-2-6-11-17/h1-6,8-11H,7,12-15H2. The first-order valence-corrected chi connectivity index (χ1v) is 9.58. The second-order valence-electron chi connectivity index (χ2n) is 5.74. The molecule has 0 bridgehead atoms. The lowest BCUT2D eigenvalue weighted by Crippen LogP contribution is -2.38. The first-order valence-electron chi connectivity index (χ1n) is 8.14. The molecule has 3 rings (SSSR count). The Hall–Kier alpha value is -2.38. The molecule has 1 aliphatic heterocycles. The molecule has 1 fully saturated rings. The highest BCUT2D eigenvalue weighted by Gasteiger charge is 2.28. The minimum Gasteiger partial charge on any atom is -0.410 e. The van der Waals surface area contributed by atoms with Gasteiger partial charge < -0.3 is 9.64 Å². The number of benzene rings is 2. The molecule has 2 aromatic carbocycles. The number of amides is 1. The predicted octanol–water partition coefficient (Wildman–Crippen LogP) is 2.58. The molecule has 1 heterocycles. The number of hydrogen-bond acceptors (Lipinski definition) is 4. The van der Waals surface area contributed by atoms with Gasteiger partial charge in [0.1, 0.15) is 5.75 Å². The summed E-state index contributed by atoms with van der Waals surface area (Å²) >= 11 is 0. The first kappa shape index (κ1) is 17.4. The van der Waals surface area contributed by atoms with Gasteiger partial charge in [-0.1, -0.05) is 36.4 Å². The minimum atomic E-state index is -3.54. The van der Waals surface area contributed by atoms with Gasteiger partial charge in [0, 0.05) is 26.2 Å². The molecule has 6 nitrogen and oxygen atoms in total. The maximum absolute atomic E-state index is 12.7. The summed E-state index contributed by atoms with van der Waals surface area (Å²) in [6.07, 6.45) is 0.112. The molecule has 1 amide bonds. The van der Waals surface area contributed by atoms with E-state index in [0.717, 1.165) is 0 Å². The zero-order chi connectivity index (χ0) is 17.7. The van der Waals surface area contributed by atoms with Crippen LogP contribution in [0.3, 0.4) is 0 Å². The third-order valence-corrected chi connectivity index (χ3v) is 5.96. The largest absolute Gasteiger partial charge is 0.415 e. The summed E-state index contributed by atoms with van der Waals surface area (Å²) in [5, 5.41) is 0. The number of para-hydroxylation sites is 1. The van der Waals surface area contributed by atoms with Gasteiger partial charge in [-0.15, -0.1) is 0 Å². The van der Waals surface area contributed by atoms with Crippen LogP contribution in [0, 0.1) is 0 Å². The van der Waals surface area contributed by atoms with E-state index in [4.69, 9.17) is 4.74 Å². The van der Waals surface area contributed by atoms with Gasteiger partial charge in [0.2, 0.25) is 10.0 Å². The van der Waals surface area contributed by atoms with Crippen LogP contribution in [0.1, 0.15) is 6.42 Å². The van der Waals surface area contributed by atoms with Crippen LogP contribution in [0.4, 0.5) is 4.79 Å². The third-order valence-electron chi connectivity index (χ3n) is 4.04. The van der Waals surface area contributed by atoms with E-state index in [-0.39, 0.29) is 11.4 Å². The van der Waals surface area contributed by atoms with Gasteiger partial charge in [-0.3, -0.25) is 0 Å². The van der Waals surface area contributed by atoms with Gasteiger partial charge in [-0.25, -0.2) is 13.2 Å². The number of rotatable bonds is 3. The third kappa shape index (κ3) is 4.18. The average molecular weight is 360 g/mol. The molecule has 0 radical (unpaired) electrons. The van der Waals surface area contributed by atoms with Crippen molar-refractivity contribution in [3.63, 3.8) is 0 Å². The molecule has 2 aromatic rings. The first-order chi connectivity index (χ1) is 12.1. The Morgan fingerprint density at radius 1 is 0.840 bits per heavy atom. The van der Waals surface area contributed by atoms with E-state index in [1.165, 1.54) is 4.31 Å². The van der Waals surface area contributed by atoms with Gasteiger partial charge in [0.25, 0.3) is 0 Å². The highest BCUT2D eigenvalue weighted by Crippen LogP contribution is 2.18. The summed E-state index contributed by atoms with van der Waals surface area (Å²) < 4.78 is 32.2. The van der Waals surface area contributed by atoms with E-state index in [9.17, 15) is 13.2 Å². The minimum absolute atomic E-state index is 0.251. The van der Waals surface area contributed by atoms with Crippen molar-refractivity contribution in [2.24, 2.45) is 0 Å². The van der Waals surface area contributed by atoms with Crippen molar-refractivity contribution >= 4 is 16.1 Å². The van der Waals surface area contributed by atoms with Crippen LogP contribution in [0.15, 0.2) is 65.6 Å². The molecule has 0 aromatic heterocycles. The molecule has 0 atom stereocenters. The van der Waals surface area contributed by atoms with Gasteiger partial charge in [0.05, 0.1) is 4.90 Å². The van der Waals surface area contributed by atoms with Crippen molar-refractivity contribution in [1.29, 1.82) is 0 Å². The number of carbonyl (C=O) groups is 1. The van der Waals surface area contributed by atoms with Gasteiger partial charge >= 0.3 is 6.09 Å². The Kier molecular flexibility index (Phi) is 5.35. The normalized spacial score (nSPS) is 16.2. The molecule has 7 heteroatoms. The highest BCUT2D eigenvalue weighted by molar-refractivity contribution is 7.89. The number of sulfonamides is 1. The monoisotopic (exact) mass is 360 g/mol. The van der Waals surface area contributed by atoms with Crippen LogP contribution >= 0.6 is 0 Å². The maximum atomic E-state index is 12.7. The lowest BCUT2D eigenvalue weighted by Gasteiger charge is -2.21. The van der Waals surface area contributed by atoms with E-state index in [1.54, 1.807) is 59.5 Å². The Morgan fingerprint density at radius 3 is 2.16 bits per heavy atom. The molecule has 0 spiro atoms. The fourth-order valence-corrected chi connectivity index (χ4v) is 4.20. The van der Waals surface area contributed by atoms with Crippen molar-refractivity contribution in [3.8, 4) is 5.75 Å². The van der Waals surface area contributed by atoms with Crippen LogP contribution in [0.5, 0.6) is 5.75 Å². The quantitative estimate of drug-likeness (QED) is 0.844. The van der Waals surface area contributed by atoms with Crippen LogP contribution < -0.4 is 4.74 Å². The van der Waals surface area contributed by atoms with Crippen molar-refractivity contribution in [2.75, 3.05) is 26.2 Å². The molecule has 0 aliphatic carbocycles. The Labute approximate surface area is 147 Å². The summed E-state index contributed by atoms with van der Waals surface area (Å²) in [5.41, 5.74) is 0. The number of ether oxygens (including phenoxy) is 1. The fraction of sp³-hybridized carbons (Fsp3) is 0.278. The van der Waals surface area contributed by atoms with Crippen molar-refractivity contribution in [2.45, 2.75) is 11.3 Å². The van der Waals surface area contributed by atoms with E-state index < -0.39 is 16.1 Å². The van der Waals surface area contributed by atoms with E-state index in [2.05, 4.69) is 0 Å². The second-order valence-corrected chi connectivity index (χ2v) is 7.68. The van der Waals surface area contributed by atoms with Crippen molar-refractivity contribution < 1.29 is 17.9 Å². The highest BCUT2D eigenvalue weighted by atomic mass is 32.2. The molecule has 0 saturated carbocycles. The van der Waals surface area contributed by atoms with Crippen molar-refractivity contribution in [1.82, 2.24) is 9.21 Å². The van der Waals surface area contributed by atoms with Crippen LogP contribution in [-0.4, -0.2) is 49.9 Å². The number of carbonyl (C=O) groups excluding carboxylic acids is 1. The molecule has 1 saturated heterocycles. The van der Waals surface area contributed by atoms with E-state index >= 15 is 0 Å². The number of hydrogen-bond donors (Lipinski definition) is 0. The molecular formula is C18H20N2O4S. The summed E-state index contributed by atoms with van der Waals surface area (Å²) in [7, 11) is -3.54. The zero-order valence-electron chi connectivity index (χ0n) is 13.7. The average Bonchev–Trinajstić information content (AvgIpc) is 2.90. The van der Waals surface area contributed by atoms with Gasteiger partial charge in [-0.05, 0) is 30.7 Å². The van der Waals surface area contributed by atoms with Crippen LogP contribution in [0.25, 0.3) is 0 Å². The van der Waals surface area contributed by atoms with E-state index in [1.807, 2.05) is 6.07 Å². The Bertz CT molecular complexity index is 809. The summed E-state index contributed by atoms with van der Waals surface area (Å²) in [6.45, 7) is 1.40. The summed E-state index contributed by atoms with van der Waals surface area (Å²) in [5.74, 6) is 0.477. The number of nitrogens with zero attached hydrogens (tertiary/aromatic N) is 2. The molecule has 0 unspecified atom stereocenters. The van der Waals surface area contributed by atoms with Gasteiger partial charge in [-0.2, -0.15) is 4.31 Å². The molecule has 0 N–H and O–H groups in total. The van der Waals surface area contributed by atoms with Crippen LogP contribution in [-0.2, 0) is 10.0 Å². The topological polar surface area (TPSA) is 66.9 Å². The molecular weight excluding hydrogens is 340 g/mol. The van der Waals surface area contributed by atoms with Gasteiger partial charge in [0.15, 0.2) is 0 Å². The van der Waals surface area contributed by atoms with E-state index in [0.29, 0.717) is 31.8 Å². The fourth-order valence-electron chi connectivity index (χ4n) is 2.71. The Balaban J connectivity index is 1.65. The van der Waals surface area contributed by atoms with Crippen molar-refractivity contribution in [3.05, 3.63) is 60.7 Å². The Morgan fingerprint density at radius 2 is 1.48 bits per heavy atom. The molecule has 1 aliphatic rings. The van der Waals surface area contributed by atoms with Crippen LogP contribution in [0.2, 0.25) is 0 Å². The molecule has 25 heavy (non-hydrogen) atoms. The lowest BCUT2D eigenvalue weighted by atomic mass is 10.3.